The number of halogens is 1. The van der Waals surface area contributed by atoms with E-state index >= 15 is 0 Å². The summed E-state index contributed by atoms with van der Waals surface area (Å²) in [5, 5.41) is 7.34. The average Bonchev–Trinajstić information content (AvgIpc) is 2.95. The van der Waals surface area contributed by atoms with Crippen molar-refractivity contribution in [2.24, 2.45) is 5.10 Å². The SMILES string of the molecule is CCCCCCCCCCCCCC(=O)NCC(=O)N/N=C\c1ccc(OCc2ccc(Cl)cc2)c(OCC)c1. The van der Waals surface area contributed by atoms with E-state index in [-0.39, 0.29) is 18.4 Å². The number of carbonyl (C=O) groups excluding carboxylic acids is 2. The zero-order valence-electron chi connectivity index (χ0n) is 24.2. The molecule has 2 aromatic carbocycles. The minimum Gasteiger partial charge on any atom is -0.490 e. The molecule has 0 atom stereocenters. The Morgan fingerprint density at radius 1 is 0.800 bits per heavy atom. The highest BCUT2D eigenvalue weighted by Crippen LogP contribution is 2.29. The summed E-state index contributed by atoms with van der Waals surface area (Å²) >= 11 is 5.94. The third-order valence-corrected chi connectivity index (χ3v) is 6.68. The smallest absolute Gasteiger partial charge is 0.259 e. The molecule has 0 saturated heterocycles. The molecule has 0 fully saturated rings. The first-order valence-corrected chi connectivity index (χ1v) is 15.1. The van der Waals surface area contributed by atoms with Crippen LogP contribution in [0.25, 0.3) is 0 Å². The van der Waals surface area contributed by atoms with Gasteiger partial charge in [-0.2, -0.15) is 5.10 Å². The van der Waals surface area contributed by atoms with Crippen LogP contribution in [0.4, 0.5) is 0 Å². The van der Waals surface area contributed by atoms with Crippen LogP contribution in [-0.2, 0) is 16.2 Å². The molecule has 8 heteroatoms. The maximum Gasteiger partial charge on any atom is 0.259 e. The Morgan fingerprint density at radius 2 is 1.45 bits per heavy atom. The van der Waals surface area contributed by atoms with Gasteiger partial charge in [0.15, 0.2) is 11.5 Å². The van der Waals surface area contributed by atoms with Crippen LogP contribution in [0.15, 0.2) is 47.6 Å². The highest BCUT2D eigenvalue weighted by Gasteiger charge is 2.08. The first-order chi connectivity index (χ1) is 19.5. The fraction of sp³-hybridized carbons (Fsp3) is 0.531. The first-order valence-electron chi connectivity index (χ1n) is 14.7. The normalized spacial score (nSPS) is 11.0. The summed E-state index contributed by atoms with van der Waals surface area (Å²) in [4.78, 5) is 24.1. The van der Waals surface area contributed by atoms with Gasteiger partial charge in [-0.25, -0.2) is 5.43 Å². The summed E-state index contributed by atoms with van der Waals surface area (Å²) in [5.74, 6) is 0.710. The lowest BCUT2D eigenvalue weighted by Gasteiger charge is -2.12. The lowest BCUT2D eigenvalue weighted by atomic mass is 10.1. The molecule has 0 saturated carbocycles. The number of hydrazone groups is 1. The molecule has 7 nitrogen and oxygen atoms in total. The van der Waals surface area contributed by atoms with Crippen LogP contribution in [0, 0.1) is 0 Å². The highest BCUT2D eigenvalue weighted by atomic mass is 35.5. The van der Waals surface area contributed by atoms with E-state index in [9.17, 15) is 9.59 Å². The number of unbranched alkanes of at least 4 members (excludes halogenated alkanes) is 10. The molecule has 0 heterocycles. The second-order valence-corrected chi connectivity index (χ2v) is 10.3. The van der Waals surface area contributed by atoms with Crippen LogP contribution >= 0.6 is 11.6 Å². The molecule has 0 bridgehead atoms. The largest absolute Gasteiger partial charge is 0.490 e. The summed E-state index contributed by atoms with van der Waals surface area (Å²) in [6, 6.07) is 12.9. The molecule has 40 heavy (non-hydrogen) atoms. The Labute approximate surface area is 245 Å². The van der Waals surface area contributed by atoms with E-state index in [4.69, 9.17) is 21.1 Å². The van der Waals surface area contributed by atoms with Gasteiger partial charge in [0, 0.05) is 11.4 Å². The van der Waals surface area contributed by atoms with Crippen molar-refractivity contribution >= 4 is 29.6 Å². The van der Waals surface area contributed by atoms with E-state index in [0.29, 0.717) is 36.2 Å². The zero-order valence-corrected chi connectivity index (χ0v) is 24.9. The lowest BCUT2D eigenvalue weighted by Crippen LogP contribution is -2.34. The van der Waals surface area contributed by atoms with Gasteiger partial charge in [-0.3, -0.25) is 9.59 Å². The van der Waals surface area contributed by atoms with Gasteiger partial charge in [-0.15, -0.1) is 0 Å². The molecule has 2 aromatic rings. The van der Waals surface area contributed by atoms with E-state index in [1.54, 1.807) is 12.1 Å². The van der Waals surface area contributed by atoms with Crippen molar-refractivity contribution in [2.45, 2.75) is 97.5 Å². The Bertz CT molecular complexity index is 1030. The topological polar surface area (TPSA) is 89.0 Å². The average molecular weight is 572 g/mol. The third kappa shape index (κ3) is 14.9. The number of hydrogen-bond donors (Lipinski definition) is 2. The number of rotatable bonds is 21. The Balaban J connectivity index is 1.62. The monoisotopic (exact) mass is 571 g/mol. The highest BCUT2D eigenvalue weighted by molar-refractivity contribution is 6.30. The second-order valence-electron chi connectivity index (χ2n) is 9.91. The predicted molar refractivity (Wildman–Crippen MR) is 163 cm³/mol. The molecule has 0 aliphatic rings. The molecule has 0 spiro atoms. The molecule has 0 radical (unpaired) electrons. The predicted octanol–water partition coefficient (Wildman–Crippen LogP) is 7.59. The molecule has 220 valence electrons. The van der Waals surface area contributed by atoms with Crippen LogP contribution in [0.1, 0.15) is 102 Å². The second kappa shape index (κ2) is 20.8. The molecule has 0 aromatic heterocycles. The minimum absolute atomic E-state index is 0.101. The molecule has 0 aliphatic heterocycles. The summed E-state index contributed by atoms with van der Waals surface area (Å²) in [5.41, 5.74) is 4.18. The quantitative estimate of drug-likeness (QED) is 0.0917. The molecule has 0 unspecified atom stereocenters. The van der Waals surface area contributed by atoms with Crippen molar-refractivity contribution in [2.75, 3.05) is 13.2 Å². The van der Waals surface area contributed by atoms with Crippen molar-refractivity contribution in [3.05, 3.63) is 58.6 Å². The van der Waals surface area contributed by atoms with Crippen LogP contribution < -0.4 is 20.2 Å². The summed E-state index contributed by atoms with van der Waals surface area (Å²) < 4.78 is 11.6. The van der Waals surface area contributed by atoms with E-state index in [0.717, 1.165) is 30.4 Å². The van der Waals surface area contributed by atoms with Gasteiger partial charge in [0.2, 0.25) is 5.91 Å². The lowest BCUT2D eigenvalue weighted by molar-refractivity contribution is -0.126. The Kier molecular flexibility index (Phi) is 17.2. The molecular weight excluding hydrogens is 526 g/mol. The van der Waals surface area contributed by atoms with Gasteiger partial charge in [0.1, 0.15) is 6.61 Å². The summed E-state index contributed by atoms with van der Waals surface area (Å²) in [6.07, 6.45) is 15.6. The Hall–Kier alpha value is -3.06. The molecular formula is C32H46ClN3O4. The maximum atomic E-state index is 12.1. The van der Waals surface area contributed by atoms with Crippen LogP contribution in [0.2, 0.25) is 5.02 Å². The van der Waals surface area contributed by atoms with Crippen molar-refractivity contribution in [1.29, 1.82) is 0 Å². The van der Waals surface area contributed by atoms with Crippen molar-refractivity contribution < 1.29 is 19.1 Å². The summed E-state index contributed by atoms with van der Waals surface area (Å²) in [7, 11) is 0. The number of ether oxygens (including phenoxy) is 2. The first kappa shape index (κ1) is 33.1. The number of amides is 2. The van der Waals surface area contributed by atoms with Crippen molar-refractivity contribution in [3.8, 4) is 11.5 Å². The third-order valence-electron chi connectivity index (χ3n) is 6.43. The van der Waals surface area contributed by atoms with Gasteiger partial charge in [-0.05, 0) is 54.8 Å². The van der Waals surface area contributed by atoms with E-state index < -0.39 is 0 Å². The van der Waals surface area contributed by atoms with Gasteiger partial charge < -0.3 is 14.8 Å². The fourth-order valence-corrected chi connectivity index (χ4v) is 4.30. The number of carbonyl (C=O) groups is 2. The van der Waals surface area contributed by atoms with Crippen LogP contribution in [-0.4, -0.2) is 31.2 Å². The van der Waals surface area contributed by atoms with Gasteiger partial charge in [0.05, 0.1) is 19.4 Å². The van der Waals surface area contributed by atoms with Crippen LogP contribution in [0.5, 0.6) is 11.5 Å². The zero-order chi connectivity index (χ0) is 28.8. The number of nitrogens with zero attached hydrogens (tertiary/aromatic N) is 1. The molecule has 0 aliphatic carbocycles. The number of nitrogens with one attached hydrogen (secondary N) is 2. The fourth-order valence-electron chi connectivity index (χ4n) is 4.17. The van der Waals surface area contributed by atoms with Crippen molar-refractivity contribution in [1.82, 2.24) is 10.7 Å². The molecule has 2 amide bonds. The summed E-state index contributed by atoms with van der Waals surface area (Å²) in [6.45, 7) is 4.90. The number of benzene rings is 2. The molecule has 2 N–H and O–H groups in total. The number of hydrogen-bond acceptors (Lipinski definition) is 5. The molecule has 2 rings (SSSR count). The van der Waals surface area contributed by atoms with Crippen molar-refractivity contribution in [3.63, 3.8) is 0 Å². The van der Waals surface area contributed by atoms with E-state index in [1.807, 2.05) is 37.3 Å². The van der Waals surface area contributed by atoms with E-state index in [2.05, 4.69) is 22.8 Å². The maximum absolute atomic E-state index is 12.1. The minimum atomic E-state index is -0.378. The standard InChI is InChI=1S/C32H46ClN3O4/c1-3-5-6-7-8-9-10-11-12-13-14-15-31(37)34-24-32(38)36-35-23-27-18-21-29(30(22-27)39-4-2)40-25-26-16-19-28(33)20-17-26/h16-23H,3-15,24-25H2,1-2H3,(H,34,37)(H,36,38)/b35-23-. The van der Waals surface area contributed by atoms with Gasteiger partial charge in [-0.1, -0.05) is 94.9 Å². The van der Waals surface area contributed by atoms with E-state index in [1.165, 1.54) is 57.6 Å². The Morgan fingerprint density at radius 3 is 2.10 bits per heavy atom. The van der Waals surface area contributed by atoms with Crippen LogP contribution in [0.3, 0.4) is 0 Å². The van der Waals surface area contributed by atoms with Gasteiger partial charge in [0.25, 0.3) is 5.91 Å². The van der Waals surface area contributed by atoms with Gasteiger partial charge >= 0.3 is 0 Å².